The molecule has 0 aromatic carbocycles. The maximum Gasteiger partial charge on any atom is 0.176 e. The highest BCUT2D eigenvalue weighted by atomic mass is 15.6. The van der Waals surface area contributed by atoms with Crippen molar-refractivity contribution < 1.29 is 0 Å². The van der Waals surface area contributed by atoms with Crippen molar-refractivity contribution in [1.29, 1.82) is 0 Å². The van der Waals surface area contributed by atoms with Crippen molar-refractivity contribution in [2.75, 3.05) is 13.1 Å². The minimum absolute atomic E-state index is 0.799. The Balaban J connectivity index is 2.27. The number of hydrogen-bond acceptors (Lipinski definition) is 4. The molecule has 1 heterocycles. The highest BCUT2D eigenvalue weighted by Crippen LogP contribution is 1.84. The van der Waals surface area contributed by atoms with Crippen molar-refractivity contribution in [2.24, 2.45) is 7.05 Å². The van der Waals surface area contributed by atoms with Crippen LogP contribution in [0, 0.1) is 0 Å². The van der Waals surface area contributed by atoms with Crippen LogP contribution in [0.2, 0.25) is 0 Å². The number of tetrazole rings is 1. The summed E-state index contributed by atoms with van der Waals surface area (Å²) in [5.74, 6) is 0.799. The van der Waals surface area contributed by atoms with Gasteiger partial charge in [0.05, 0.1) is 7.05 Å². The van der Waals surface area contributed by atoms with Crippen molar-refractivity contribution in [1.82, 2.24) is 25.5 Å². The molecule has 0 radical (unpaired) electrons. The first-order valence-corrected chi connectivity index (χ1v) is 3.76. The van der Waals surface area contributed by atoms with Gasteiger partial charge in [-0.05, 0) is 11.8 Å². The Kier molecular flexibility index (Phi) is 2.97. The highest BCUT2D eigenvalue weighted by molar-refractivity contribution is 4.77. The lowest BCUT2D eigenvalue weighted by Crippen LogP contribution is -2.16. The average Bonchev–Trinajstić information content (AvgIpc) is 2.37. The van der Waals surface area contributed by atoms with Crippen molar-refractivity contribution in [3.05, 3.63) is 5.82 Å². The van der Waals surface area contributed by atoms with E-state index in [1.54, 1.807) is 7.05 Å². The SMILES string of the molecule is CCNCCc1nnn(C)n1. The Morgan fingerprint density at radius 3 is 2.91 bits per heavy atom. The van der Waals surface area contributed by atoms with E-state index in [-0.39, 0.29) is 0 Å². The molecular weight excluding hydrogens is 142 g/mol. The van der Waals surface area contributed by atoms with Crippen LogP contribution in [0.4, 0.5) is 0 Å². The molecule has 0 aliphatic carbocycles. The van der Waals surface area contributed by atoms with Crippen molar-refractivity contribution >= 4 is 0 Å². The quantitative estimate of drug-likeness (QED) is 0.588. The zero-order valence-corrected chi connectivity index (χ0v) is 6.91. The predicted molar refractivity (Wildman–Crippen MR) is 41.0 cm³/mol. The van der Waals surface area contributed by atoms with Gasteiger partial charge < -0.3 is 5.32 Å². The van der Waals surface area contributed by atoms with Crippen LogP contribution in [0.5, 0.6) is 0 Å². The lowest BCUT2D eigenvalue weighted by Gasteiger charge is -1.94. The molecule has 0 fully saturated rings. The van der Waals surface area contributed by atoms with Crippen LogP contribution in [0.1, 0.15) is 12.7 Å². The highest BCUT2D eigenvalue weighted by Gasteiger charge is 1.97. The third-order valence-electron chi connectivity index (χ3n) is 1.33. The Labute approximate surface area is 65.8 Å². The molecule has 0 saturated carbocycles. The summed E-state index contributed by atoms with van der Waals surface area (Å²) in [4.78, 5) is 1.47. The standard InChI is InChI=1S/C6H13N5/c1-3-7-5-4-6-8-10-11(2)9-6/h7H,3-5H2,1-2H3. The molecule has 11 heavy (non-hydrogen) atoms. The van der Waals surface area contributed by atoms with Gasteiger partial charge in [-0.2, -0.15) is 4.80 Å². The van der Waals surface area contributed by atoms with Crippen molar-refractivity contribution in [3.63, 3.8) is 0 Å². The maximum absolute atomic E-state index is 4.04. The summed E-state index contributed by atoms with van der Waals surface area (Å²) in [6.45, 7) is 3.98. The molecular formula is C6H13N5. The second-order valence-corrected chi connectivity index (χ2v) is 2.30. The third-order valence-corrected chi connectivity index (χ3v) is 1.33. The van der Waals surface area contributed by atoms with Gasteiger partial charge in [-0.1, -0.05) is 6.92 Å². The minimum Gasteiger partial charge on any atom is -0.317 e. The number of nitrogens with zero attached hydrogens (tertiary/aromatic N) is 4. The Morgan fingerprint density at radius 2 is 2.36 bits per heavy atom. The monoisotopic (exact) mass is 155 g/mol. The van der Waals surface area contributed by atoms with Gasteiger partial charge in [0.25, 0.3) is 0 Å². The summed E-state index contributed by atoms with van der Waals surface area (Å²) in [6, 6.07) is 0. The topological polar surface area (TPSA) is 55.6 Å². The molecule has 62 valence electrons. The van der Waals surface area contributed by atoms with Crippen LogP contribution in [-0.2, 0) is 13.5 Å². The number of nitrogens with one attached hydrogen (secondary N) is 1. The largest absolute Gasteiger partial charge is 0.317 e. The molecule has 1 aromatic rings. The van der Waals surface area contributed by atoms with Crippen LogP contribution < -0.4 is 5.32 Å². The van der Waals surface area contributed by atoms with E-state index in [0.717, 1.165) is 25.3 Å². The fourth-order valence-corrected chi connectivity index (χ4v) is 0.800. The second kappa shape index (κ2) is 4.02. The van der Waals surface area contributed by atoms with Gasteiger partial charge in [-0.15, -0.1) is 10.2 Å². The number of hydrogen-bond donors (Lipinski definition) is 1. The predicted octanol–water partition coefficient (Wildman–Crippen LogP) is -0.638. The molecule has 0 aliphatic rings. The van der Waals surface area contributed by atoms with Crippen LogP contribution in [0.15, 0.2) is 0 Å². The molecule has 1 aromatic heterocycles. The summed E-state index contributed by atoms with van der Waals surface area (Å²) in [5, 5.41) is 14.8. The number of aryl methyl sites for hydroxylation is 1. The van der Waals surface area contributed by atoms with E-state index >= 15 is 0 Å². The summed E-state index contributed by atoms with van der Waals surface area (Å²) < 4.78 is 0. The summed E-state index contributed by atoms with van der Waals surface area (Å²) in [7, 11) is 1.77. The molecule has 0 spiro atoms. The zero-order chi connectivity index (χ0) is 8.10. The molecule has 0 unspecified atom stereocenters. The Hall–Kier alpha value is -0.970. The van der Waals surface area contributed by atoms with Crippen LogP contribution in [-0.4, -0.2) is 33.3 Å². The fourth-order valence-electron chi connectivity index (χ4n) is 0.800. The van der Waals surface area contributed by atoms with Gasteiger partial charge >= 0.3 is 0 Å². The number of likely N-dealkylation sites (N-methyl/N-ethyl adjacent to an activating group) is 1. The van der Waals surface area contributed by atoms with Gasteiger partial charge in [0.1, 0.15) is 0 Å². The third kappa shape index (κ3) is 2.63. The van der Waals surface area contributed by atoms with Gasteiger partial charge in [-0.25, -0.2) is 0 Å². The number of aromatic nitrogens is 4. The van der Waals surface area contributed by atoms with E-state index in [2.05, 4.69) is 27.7 Å². The van der Waals surface area contributed by atoms with E-state index in [1.165, 1.54) is 4.80 Å². The van der Waals surface area contributed by atoms with Gasteiger partial charge in [0.2, 0.25) is 0 Å². The van der Waals surface area contributed by atoms with E-state index in [4.69, 9.17) is 0 Å². The first-order chi connectivity index (χ1) is 5.33. The van der Waals surface area contributed by atoms with Gasteiger partial charge in [0.15, 0.2) is 5.82 Å². The summed E-state index contributed by atoms with van der Waals surface area (Å²) in [6.07, 6.45) is 0.849. The molecule has 0 bridgehead atoms. The Morgan fingerprint density at radius 1 is 1.55 bits per heavy atom. The van der Waals surface area contributed by atoms with Crippen molar-refractivity contribution in [3.8, 4) is 0 Å². The van der Waals surface area contributed by atoms with Gasteiger partial charge in [-0.3, -0.25) is 0 Å². The van der Waals surface area contributed by atoms with E-state index in [0.29, 0.717) is 0 Å². The summed E-state index contributed by atoms with van der Waals surface area (Å²) in [5.41, 5.74) is 0. The molecule has 1 N–H and O–H groups in total. The molecule has 0 atom stereocenters. The smallest absolute Gasteiger partial charge is 0.176 e. The van der Waals surface area contributed by atoms with E-state index in [9.17, 15) is 0 Å². The van der Waals surface area contributed by atoms with Gasteiger partial charge in [0, 0.05) is 13.0 Å². The Bertz CT molecular complexity index is 206. The lowest BCUT2D eigenvalue weighted by atomic mass is 10.4. The minimum atomic E-state index is 0.799. The molecule has 5 heteroatoms. The normalized spacial score (nSPS) is 10.4. The molecule has 0 saturated heterocycles. The molecule has 0 amide bonds. The molecule has 1 rings (SSSR count). The second-order valence-electron chi connectivity index (χ2n) is 2.30. The fraction of sp³-hybridized carbons (Fsp3) is 0.833. The molecule has 5 nitrogen and oxygen atoms in total. The summed E-state index contributed by atoms with van der Waals surface area (Å²) >= 11 is 0. The average molecular weight is 155 g/mol. The maximum atomic E-state index is 4.04. The van der Waals surface area contributed by atoms with Crippen LogP contribution in [0.25, 0.3) is 0 Å². The number of rotatable bonds is 4. The van der Waals surface area contributed by atoms with E-state index in [1.807, 2.05) is 0 Å². The molecule has 0 aliphatic heterocycles. The van der Waals surface area contributed by atoms with Crippen LogP contribution >= 0.6 is 0 Å². The first-order valence-electron chi connectivity index (χ1n) is 3.76. The van der Waals surface area contributed by atoms with Crippen molar-refractivity contribution in [2.45, 2.75) is 13.3 Å². The lowest BCUT2D eigenvalue weighted by molar-refractivity contribution is 0.625. The zero-order valence-electron chi connectivity index (χ0n) is 6.91. The first kappa shape index (κ1) is 8.13. The van der Waals surface area contributed by atoms with Crippen LogP contribution in [0.3, 0.4) is 0 Å². The van der Waals surface area contributed by atoms with E-state index < -0.39 is 0 Å².